The van der Waals surface area contributed by atoms with Gasteiger partial charge in [-0.3, -0.25) is 4.99 Å². The highest BCUT2D eigenvalue weighted by Gasteiger charge is 1.99. The van der Waals surface area contributed by atoms with E-state index in [-0.39, 0.29) is 24.0 Å². The van der Waals surface area contributed by atoms with Gasteiger partial charge in [-0.1, -0.05) is 26.0 Å². The van der Waals surface area contributed by atoms with E-state index in [1.54, 1.807) is 14.2 Å². The summed E-state index contributed by atoms with van der Waals surface area (Å²) in [5, 5.41) is 6.62. The van der Waals surface area contributed by atoms with Gasteiger partial charge in [0.25, 0.3) is 0 Å². The molecular weight excluding hydrogens is 417 g/mol. The minimum atomic E-state index is 0. The van der Waals surface area contributed by atoms with Gasteiger partial charge in [0.15, 0.2) is 5.96 Å². The first-order chi connectivity index (χ1) is 11.2. The van der Waals surface area contributed by atoms with Crippen LogP contribution in [-0.2, 0) is 11.2 Å². The zero-order valence-corrected chi connectivity index (χ0v) is 17.6. The number of aliphatic imine (C=N–C) groups is 1. The Bertz CT molecular complexity index is 450. The van der Waals surface area contributed by atoms with Gasteiger partial charge in [-0.05, 0) is 36.5 Å². The van der Waals surface area contributed by atoms with E-state index in [0.29, 0.717) is 5.92 Å². The molecule has 0 amide bonds. The summed E-state index contributed by atoms with van der Waals surface area (Å²) in [4.78, 5) is 4.23. The molecular formula is C18H32IN3O2. The molecule has 0 atom stereocenters. The van der Waals surface area contributed by atoms with Gasteiger partial charge in [-0.15, -0.1) is 24.0 Å². The molecule has 1 rings (SSSR count). The molecule has 0 aliphatic rings. The Morgan fingerprint density at radius 3 is 2.38 bits per heavy atom. The minimum Gasteiger partial charge on any atom is -0.497 e. The molecule has 0 saturated heterocycles. The number of halogens is 1. The third-order valence-electron chi connectivity index (χ3n) is 3.30. The van der Waals surface area contributed by atoms with Gasteiger partial charge in [0.1, 0.15) is 5.75 Å². The van der Waals surface area contributed by atoms with Crippen LogP contribution in [0.3, 0.4) is 0 Å². The average molecular weight is 449 g/mol. The summed E-state index contributed by atoms with van der Waals surface area (Å²) in [6.45, 7) is 7.64. The van der Waals surface area contributed by atoms with Crippen LogP contribution in [0.2, 0.25) is 0 Å². The number of guanidine groups is 1. The molecule has 0 heterocycles. The molecule has 1 aromatic rings. The molecule has 2 N–H and O–H groups in total. The van der Waals surface area contributed by atoms with Crippen LogP contribution in [0.1, 0.15) is 25.8 Å². The van der Waals surface area contributed by atoms with Crippen molar-refractivity contribution in [3.05, 3.63) is 29.8 Å². The maximum Gasteiger partial charge on any atom is 0.190 e. The second kappa shape index (κ2) is 14.3. The molecule has 0 radical (unpaired) electrons. The second-order valence-corrected chi connectivity index (χ2v) is 5.85. The van der Waals surface area contributed by atoms with Gasteiger partial charge in [0, 0.05) is 33.4 Å². The van der Waals surface area contributed by atoms with Crippen LogP contribution in [0.15, 0.2) is 29.3 Å². The molecule has 5 nitrogen and oxygen atoms in total. The smallest absolute Gasteiger partial charge is 0.190 e. The summed E-state index contributed by atoms with van der Waals surface area (Å²) < 4.78 is 10.7. The van der Waals surface area contributed by atoms with Gasteiger partial charge in [-0.2, -0.15) is 0 Å². The number of nitrogens with one attached hydrogen (secondary N) is 2. The van der Waals surface area contributed by atoms with Crippen molar-refractivity contribution in [3.8, 4) is 5.75 Å². The lowest BCUT2D eigenvalue weighted by Gasteiger charge is -2.12. The summed E-state index contributed by atoms with van der Waals surface area (Å²) in [5.41, 5.74) is 1.27. The quantitative estimate of drug-likeness (QED) is 0.250. The third kappa shape index (κ3) is 10.7. The van der Waals surface area contributed by atoms with Crippen molar-refractivity contribution in [2.24, 2.45) is 10.9 Å². The first-order valence-corrected chi connectivity index (χ1v) is 8.31. The van der Waals surface area contributed by atoms with Gasteiger partial charge in [-0.25, -0.2) is 0 Å². The molecule has 0 aromatic heterocycles. The van der Waals surface area contributed by atoms with E-state index in [1.807, 2.05) is 12.1 Å². The number of hydrogen-bond acceptors (Lipinski definition) is 3. The monoisotopic (exact) mass is 449 g/mol. The topological polar surface area (TPSA) is 54.9 Å². The van der Waals surface area contributed by atoms with E-state index >= 15 is 0 Å². The molecule has 138 valence electrons. The van der Waals surface area contributed by atoms with E-state index in [2.05, 4.69) is 41.6 Å². The maximum absolute atomic E-state index is 5.56. The molecule has 24 heavy (non-hydrogen) atoms. The SMILES string of the molecule is CN=C(NCCCOCC(C)C)NCCc1ccc(OC)cc1.I. The van der Waals surface area contributed by atoms with Crippen molar-refractivity contribution in [3.63, 3.8) is 0 Å². The van der Waals surface area contributed by atoms with Gasteiger partial charge in [0.2, 0.25) is 0 Å². The standard InChI is InChI=1S/C18H31N3O2.HI/c1-15(2)14-23-13-5-11-20-18(19-3)21-12-10-16-6-8-17(22-4)9-7-16;/h6-9,15H,5,10-14H2,1-4H3,(H2,19,20,21);1H. The van der Waals surface area contributed by atoms with Crippen molar-refractivity contribution in [1.82, 2.24) is 10.6 Å². The number of rotatable bonds is 10. The van der Waals surface area contributed by atoms with Crippen LogP contribution >= 0.6 is 24.0 Å². The largest absolute Gasteiger partial charge is 0.497 e. The zero-order valence-electron chi connectivity index (χ0n) is 15.3. The lowest BCUT2D eigenvalue weighted by atomic mass is 10.1. The number of hydrogen-bond donors (Lipinski definition) is 2. The Morgan fingerprint density at radius 1 is 1.12 bits per heavy atom. The molecule has 1 aromatic carbocycles. The number of methoxy groups -OCH3 is 1. The fourth-order valence-electron chi connectivity index (χ4n) is 2.04. The fourth-order valence-corrected chi connectivity index (χ4v) is 2.04. The Morgan fingerprint density at radius 2 is 1.79 bits per heavy atom. The normalized spacial score (nSPS) is 11.1. The predicted molar refractivity (Wildman–Crippen MR) is 112 cm³/mol. The Kier molecular flexibility index (Phi) is 13.7. The van der Waals surface area contributed by atoms with Crippen LogP contribution in [0.5, 0.6) is 5.75 Å². The third-order valence-corrected chi connectivity index (χ3v) is 3.30. The summed E-state index contributed by atoms with van der Waals surface area (Å²) in [6.07, 6.45) is 1.92. The zero-order chi connectivity index (χ0) is 16.9. The van der Waals surface area contributed by atoms with Crippen molar-refractivity contribution in [2.45, 2.75) is 26.7 Å². The molecule has 0 saturated carbocycles. The highest BCUT2D eigenvalue weighted by atomic mass is 127. The predicted octanol–water partition coefficient (Wildman–Crippen LogP) is 3.08. The van der Waals surface area contributed by atoms with Crippen LogP contribution < -0.4 is 15.4 Å². The number of nitrogens with zero attached hydrogens (tertiary/aromatic N) is 1. The summed E-state index contributed by atoms with van der Waals surface area (Å²) in [6, 6.07) is 8.14. The summed E-state index contributed by atoms with van der Waals surface area (Å²) in [5.74, 6) is 2.32. The lowest BCUT2D eigenvalue weighted by molar-refractivity contribution is 0.108. The summed E-state index contributed by atoms with van der Waals surface area (Å²) >= 11 is 0. The molecule has 0 spiro atoms. The van der Waals surface area contributed by atoms with Crippen molar-refractivity contribution in [1.29, 1.82) is 0 Å². The van der Waals surface area contributed by atoms with Crippen LogP contribution in [0.4, 0.5) is 0 Å². The number of ether oxygens (including phenoxy) is 2. The van der Waals surface area contributed by atoms with Gasteiger partial charge < -0.3 is 20.1 Å². The fraction of sp³-hybridized carbons (Fsp3) is 0.611. The molecule has 0 aliphatic heterocycles. The summed E-state index contributed by atoms with van der Waals surface area (Å²) in [7, 11) is 3.47. The highest BCUT2D eigenvalue weighted by Crippen LogP contribution is 2.11. The Hall–Kier alpha value is -1.02. The number of benzene rings is 1. The molecule has 0 fully saturated rings. The molecule has 0 bridgehead atoms. The van der Waals surface area contributed by atoms with E-state index < -0.39 is 0 Å². The Balaban J connectivity index is 0.00000529. The molecule has 0 aliphatic carbocycles. The van der Waals surface area contributed by atoms with E-state index in [0.717, 1.165) is 50.9 Å². The van der Waals surface area contributed by atoms with Gasteiger partial charge >= 0.3 is 0 Å². The Labute approximate surface area is 163 Å². The van der Waals surface area contributed by atoms with Crippen molar-refractivity contribution >= 4 is 29.9 Å². The first-order valence-electron chi connectivity index (χ1n) is 8.31. The first kappa shape index (κ1) is 23.0. The second-order valence-electron chi connectivity index (χ2n) is 5.85. The lowest BCUT2D eigenvalue weighted by Crippen LogP contribution is -2.39. The average Bonchev–Trinajstić information content (AvgIpc) is 2.56. The minimum absolute atomic E-state index is 0. The van der Waals surface area contributed by atoms with Crippen molar-refractivity contribution < 1.29 is 9.47 Å². The van der Waals surface area contributed by atoms with Crippen LogP contribution in [-0.4, -0.2) is 46.4 Å². The maximum atomic E-state index is 5.56. The van der Waals surface area contributed by atoms with E-state index in [9.17, 15) is 0 Å². The molecule has 6 heteroatoms. The van der Waals surface area contributed by atoms with Crippen LogP contribution in [0.25, 0.3) is 0 Å². The van der Waals surface area contributed by atoms with Crippen LogP contribution in [0, 0.1) is 5.92 Å². The van der Waals surface area contributed by atoms with Gasteiger partial charge in [0.05, 0.1) is 7.11 Å². The van der Waals surface area contributed by atoms with Crippen molar-refractivity contribution in [2.75, 3.05) is 40.5 Å². The highest BCUT2D eigenvalue weighted by molar-refractivity contribution is 14.0. The van der Waals surface area contributed by atoms with E-state index in [4.69, 9.17) is 9.47 Å². The van der Waals surface area contributed by atoms with E-state index in [1.165, 1.54) is 5.56 Å². The molecule has 0 unspecified atom stereocenters.